The Bertz CT molecular complexity index is 1460. The Balaban J connectivity index is 1.46. The molecule has 0 saturated carbocycles. The first-order chi connectivity index (χ1) is 35.8. The number of hydrogen-bond acceptors (Lipinski definition) is 18. The third-order valence-corrected chi connectivity index (χ3v) is 14.5. The van der Waals surface area contributed by atoms with Crippen LogP contribution >= 0.6 is 0 Å². The summed E-state index contributed by atoms with van der Waals surface area (Å²) in [7, 11) is 0. The highest BCUT2D eigenvalue weighted by Gasteiger charge is 2.53. The Labute approximate surface area is 441 Å². The highest BCUT2D eigenvalue weighted by molar-refractivity contribution is 5.76. The molecule has 0 bridgehead atoms. The second kappa shape index (κ2) is 39.6. The van der Waals surface area contributed by atoms with E-state index in [1.165, 1.54) is 103 Å². The first kappa shape index (κ1) is 66.5. The molecule has 19 nitrogen and oxygen atoms in total. The zero-order chi connectivity index (χ0) is 54.1. The van der Waals surface area contributed by atoms with Crippen molar-refractivity contribution in [3.05, 3.63) is 24.3 Å². The molecular formula is C55H101NO18. The lowest BCUT2D eigenvalue weighted by Crippen LogP contribution is -2.66. The summed E-state index contributed by atoms with van der Waals surface area (Å²) >= 11 is 0. The van der Waals surface area contributed by atoms with Gasteiger partial charge in [-0.1, -0.05) is 173 Å². The van der Waals surface area contributed by atoms with Crippen LogP contribution in [0, 0.1) is 0 Å². The van der Waals surface area contributed by atoms with Gasteiger partial charge in [0.05, 0.1) is 38.6 Å². The molecule has 0 aromatic heterocycles. The van der Waals surface area contributed by atoms with Crippen LogP contribution in [0.3, 0.4) is 0 Å². The van der Waals surface area contributed by atoms with Crippen LogP contribution < -0.4 is 5.32 Å². The van der Waals surface area contributed by atoms with Crippen LogP contribution in [0.1, 0.15) is 187 Å². The Hall–Kier alpha value is -1.73. The molecule has 3 heterocycles. The van der Waals surface area contributed by atoms with Crippen molar-refractivity contribution < 1.29 is 89.4 Å². The van der Waals surface area contributed by atoms with Crippen molar-refractivity contribution in [3.8, 4) is 0 Å². The zero-order valence-corrected chi connectivity index (χ0v) is 44.8. The lowest BCUT2D eigenvalue weighted by molar-refractivity contribution is -0.379. The molecule has 0 aromatic rings. The molecule has 0 spiro atoms. The number of allylic oxidation sites excluding steroid dienone is 3. The summed E-state index contributed by atoms with van der Waals surface area (Å²) in [5.74, 6) is -0.295. The molecule has 0 aliphatic carbocycles. The first-order valence-corrected chi connectivity index (χ1v) is 28.6. The van der Waals surface area contributed by atoms with Gasteiger partial charge in [-0.2, -0.15) is 0 Å². The lowest BCUT2D eigenvalue weighted by atomic mass is 9.96. The SMILES string of the molecule is CCCCCCCCCCCCCCCCCCC/C=C/CC/C=C/C(O)C(COC1OC(CO)C(OC2OC(CO)C(OC3OC(CO)C(O)C(O)C3O)C(O)C2O)C(O)C1O)NC(=O)CCCCCCCC. The normalized spacial score (nSPS) is 31.6. The second-order valence-electron chi connectivity index (χ2n) is 20.8. The van der Waals surface area contributed by atoms with Crippen molar-refractivity contribution in [2.75, 3.05) is 26.4 Å². The van der Waals surface area contributed by atoms with E-state index in [2.05, 4.69) is 31.3 Å². The van der Waals surface area contributed by atoms with Gasteiger partial charge in [-0.25, -0.2) is 0 Å². The molecule has 74 heavy (non-hydrogen) atoms. The Morgan fingerprint density at radius 2 is 0.865 bits per heavy atom. The molecular weight excluding hydrogens is 963 g/mol. The van der Waals surface area contributed by atoms with E-state index in [4.69, 9.17) is 28.4 Å². The summed E-state index contributed by atoms with van der Waals surface area (Å²) in [6.45, 7) is 1.61. The third-order valence-electron chi connectivity index (χ3n) is 14.5. The number of aliphatic hydroxyl groups excluding tert-OH is 11. The van der Waals surface area contributed by atoms with Gasteiger partial charge in [-0.3, -0.25) is 4.79 Å². The van der Waals surface area contributed by atoms with Gasteiger partial charge in [0.15, 0.2) is 18.9 Å². The number of ether oxygens (including phenoxy) is 6. The van der Waals surface area contributed by atoms with Crippen LogP contribution in [0.25, 0.3) is 0 Å². The second-order valence-corrected chi connectivity index (χ2v) is 20.8. The summed E-state index contributed by atoms with van der Waals surface area (Å²) in [6.07, 6.45) is 12.3. The highest BCUT2D eigenvalue weighted by Crippen LogP contribution is 2.33. The monoisotopic (exact) mass is 1060 g/mol. The number of aliphatic hydroxyl groups is 11. The van der Waals surface area contributed by atoms with Crippen molar-refractivity contribution in [2.24, 2.45) is 0 Å². The van der Waals surface area contributed by atoms with E-state index >= 15 is 0 Å². The Morgan fingerprint density at radius 3 is 1.35 bits per heavy atom. The van der Waals surface area contributed by atoms with Gasteiger partial charge >= 0.3 is 0 Å². The minimum Gasteiger partial charge on any atom is -0.394 e. The third kappa shape index (κ3) is 24.1. The van der Waals surface area contributed by atoms with E-state index in [-0.39, 0.29) is 18.9 Å². The molecule has 0 aromatic carbocycles. The predicted molar refractivity (Wildman–Crippen MR) is 277 cm³/mol. The topological polar surface area (TPSA) is 307 Å². The summed E-state index contributed by atoms with van der Waals surface area (Å²) in [5, 5.41) is 119. The maximum Gasteiger partial charge on any atom is 0.220 e. The first-order valence-electron chi connectivity index (χ1n) is 28.6. The van der Waals surface area contributed by atoms with Gasteiger partial charge in [0.1, 0.15) is 73.2 Å². The van der Waals surface area contributed by atoms with Crippen molar-refractivity contribution in [1.82, 2.24) is 5.32 Å². The van der Waals surface area contributed by atoms with E-state index in [0.717, 1.165) is 51.4 Å². The standard InChI is InChI=1S/C55H101NO18/c1-3-5-7-9-11-12-13-14-15-16-17-18-19-20-21-22-23-24-25-26-27-28-30-32-39(60)38(56-43(61)33-31-29-10-8-6-4-2)37-69-53-49(67)46(64)51(41(35-58)71-53)74-55-50(68)47(65)52(42(36-59)72-55)73-54-48(66)45(63)44(62)40(34-57)70-54/h25-26,30,32,38-42,44-55,57-60,62-68H,3-24,27-29,31,33-37H2,1-2H3,(H,56,61)/b26-25+,32-30+. The molecule has 434 valence electrons. The summed E-state index contributed by atoms with van der Waals surface area (Å²) < 4.78 is 34.1. The van der Waals surface area contributed by atoms with Gasteiger partial charge in [-0.05, 0) is 32.1 Å². The number of amides is 1. The number of carbonyl (C=O) groups is 1. The fourth-order valence-electron chi connectivity index (χ4n) is 9.74. The number of unbranched alkanes of at least 4 members (excludes halogenated alkanes) is 23. The number of carbonyl (C=O) groups excluding carboxylic acids is 1. The molecule has 19 heteroatoms. The van der Waals surface area contributed by atoms with Crippen LogP contribution in [0.4, 0.5) is 0 Å². The van der Waals surface area contributed by atoms with E-state index < -0.39 is 124 Å². The largest absolute Gasteiger partial charge is 0.394 e. The Kier molecular flexibility index (Phi) is 35.6. The summed E-state index contributed by atoms with van der Waals surface area (Å²) in [5.41, 5.74) is 0. The summed E-state index contributed by atoms with van der Waals surface area (Å²) in [4.78, 5) is 13.1. The number of hydrogen-bond donors (Lipinski definition) is 12. The fraction of sp³-hybridized carbons (Fsp3) is 0.909. The average Bonchev–Trinajstić information content (AvgIpc) is 3.40. The molecule has 17 unspecified atom stereocenters. The molecule has 1 amide bonds. The predicted octanol–water partition coefficient (Wildman–Crippen LogP) is 3.98. The van der Waals surface area contributed by atoms with Crippen LogP contribution in [-0.2, 0) is 33.2 Å². The Morgan fingerprint density at radius 1 is 0.473 bits per heavy atom. The maximum atomic E-state index is 13.1. The van der Waals surface area contributed by atoms with Gasteiger partial charge in [-0.15, -0.1) is 0 Å². The van der Waals surface area contributed by atoms with Crippen molar-refractivity contribution in [1.29, 1.82) is 0 Å². The average molecular weight is 1060 g/mol. The van der Waals surface area contributed by atoms with Crippen molar-refractivity contribution >= 4 is 5.91 Å². The molecule has 0 radical (unpaired) electrons. The van der Waals surface area contributed by atoms with Crippen molar-refractivity contribution in [2.45, 2.75) is 291 Å². The molecule has 3 aliphatic rings. The van der Waals surface area contributed by atoms with E-state index in [1.807, 2.05) is 6.08 Å². The van der Waals surface area contributed by atoms with Crippen LogP contribution in [0.2, 0.25) is 0 Å². The lowest BCUT2D eigenvalue weighted by Gasteiger charge is -2.48. The minimum atomic E-state index is -1.98. The quantitative estimate of drug-likeness (QED) is 0.0304. The van der Waals surface area contributed by atoms with E-state index in [1.54, 1.807) is 6.08 Å². The van der Waals surface area contributed by atoms with E-state index in [0.29, 0.717) is 12.8 Å². The van der Waals surface area contributed by atoms with Crippen molar-refractivity contribution in [3.63, 3.8) is 0 Å². The van der Waals surface area contributed by atoms with Gasteiger partial charge in [0.25, 0.3) is 0 Å². The molecule has 3 saturated heterocycles. The fourth-order valence-corrected chi connectivity index (χ4v) is 9.74. The molecule has 17 atom stereocenters. The minimum absolute atomic E-state index is 0.234. The molecule has 3 aliphatic heterocycles. The number of nitrogens with one attached hydrogen (secondary N) is 1. The smallest absolute Gasteiger partial charge is 0.220 e. The van der Waals surface area contributed by atoms with Crippen LogP contribution in [-0.4, -0.2) is 193 Å². The van der Waals surface area contributed by atoms with Gasteiger partial charge in [0, 0.05) is 6.42 Å². The molecule has 3 rings (SSSR count). The van der Waals surface area contributed by atoms with Gasteiger partial charge in [0.2, 0.25) is 5.91 Å². The summed E-state index contributed by atoms with van der Waals surface area (Å²) in [6, 6.07) is -0.982. The van der Waals surface area contributed by atoms with Crippen LogP contribution in [0.15, 0.2) is 24.3 Å². The maximum absolute atomic E-state index is 13.1. The highest BCUT2D eigenvalue weighted by atomic mass is 16.8. The number of rotatable bonds is 41. The molecule has 12 N–H and O–H groups in total. The molecule has 3 fully saturated rings. The van der Waals surface area contributed by atoms with Crippen LogP contribution in [0.5, 0.6) is 0 Å². The zero-order valence-electron chi connectivity index (χ0n) is 44.8. The van der Waals surface area contributed by atoms with E-state index in [9.17, 15) is 61.0 Å². The van der Waals surface area contributed by atoms with Gasteiger partial charge < -0.3 is 89.9 Å².